The summed E-state index contributed by atoms with van der Waals surface area (Å²) in [4.78, 5) is 5.58. The summed E-state index contributed by atoms with van der Waals surface area (Å²) in [5, 5.41) is 3.58. The molecule has 0 radical (unpaired) electrons. The van der Waals surface area contributed by atoms with E-state index in [0.29, 0.717) is 6.04 Å². The van der Waals surface area contributed by atoms with Crippen LogP contribution < -0.4 is 5.32 Å². The molecule has 1 fully saturated rings. The second-order valence-corrected chi connectivity index (χ2v) is 5.32. The van der Waals surface area contributed by atoms with Crippen LogP contribution in [0.2, 0.25) is 0 Å². The molecule has 1 atom stereocenters. The Kier molecular flexibility index (Phi) is 4.15. The minimum Gasteiger partial charge on any atom is -0.309 e. The lowest BCUT2D eigenvalue weighted by atomic mass is 9.98. The van der Waals surface area contributed by atoms with E-state index in [9.17, 15) is 0 Å². The van der Waals surface area contributed by atoms with Crippen LogP contribution in [-0.2, 0) is 0 Å². The van der Waals surface area contributed by atoms with Gasteiger partial charge in [-0.2, -0.15) is 0 Å². The minimum absolute atomic E-state index is 0.547. The normalized spacial score (nSPS) is 19.5. The van der Waals surface area contributed by atoms with Gasteiger partial charge in [0.25, 0.3) is 0 Å². The Balaban J connectivity index is 1.93. The van der Waals surface area contributed by atoms with Crippen molar-refractivity contribution < 1.29 is 0 Å². The quantitative estimate of drug-likeness (QED) is 0.829. The molecule has 15 heavy (non-hydrogen) atoms. The van der Waals surface area contributed by atoms with Crippen molar-refractivity contribution in [1.82, 2.24) is 10.3 Å². The van der Waals surface area contributed by atoms with Crippen LogP contribution in [0.15, 0.2) is 11.7 Å². The predicted octanol–water partition coefficient (Wildman–Crippen LogP) is 3.37. The third-order valence-electron chi connectivity index (χ3n) is 3.29. The van der Waals surface area contributed by atoms with Crippen molar-refractivity contribution in [3.05, 3.63) is 16.6 Å². The molecule has 2 rings (SSSR count). The largest absolute Gasteiger partial charge is 0.309 e. The summed E-state index contributed by atoms with van der Waals surface area (Å²) in [5.74, 6) is 0.941. The summed E-state index contributed by atoms with van der Waals surface area (Å²) in [7, 11) is 0. The highest BCUT2D eigenvalue weighted by Crippen LogP contribution is 2.33. The second kappa shape index (κ2) is 5.61. The van der Waals surface area contributed by atoms with Crippen molar-refractivity contribution in [2.45, 2.75) is 45.1 Å². The van der Waals surface area contributed by atoms with Crippen LogP contribution in [0.4, 0.5) is 0 Å². The van der Waals surface area contributed by atoms with E-state index in [1.165, 1.54) is 37.0 Å². The summed E-state index contributed by atoms with van der Waals surface area (Å²) in [6, 6.07) is 0.547. The molecule has 0 amide bonds. The highest BCUT2D eigenvalue weighted by molar-refractivity contribution is 7.09. The fourth-order valence-electron chi connectivity index (χ4n) is 2.52. The van der Waals surface area contributed by atoms with Crippen LogP contribution >= 0.6 is 11.3 Å². The van der Waals surface area contributed by atoms with Gasteiger partial charge in [-0.1, -0.05) is 32.6 Å². The number of hydrogen-bond donors (Lipinski definition) is 1. The summed E-state index contributed by atoms with van der Waals surface area (Å²) in [5.41, 5.74) is 1.94. The van der Waals surface area contributed by atoms with Gasteiger partial charge in [0.15, 0.2) is 0 Å². The van der Waals surface area contributed by atoms with Crippen molar-refractivity contribution in [2.24, 2.45) is 5.92 Å². The lowest BCUT2D eigenvalue weighted by Gasteiger charge is -2.19. The molecule has 2 nitrogen and oxygen atoms in total. The van der Waals surface area contributed by atoms with E-state index in [4.69, 9.17) is 0 Å². The van der Waals surface area contributed by atoms with Gasteiger partial charge in [0, 0.05) is 17.1 Å². The van der Waals surface area contributed by atoms with Gasteiger partial charge in [-0.25, -0.2) is 0 Å². The predicted molar refractivity (Wildman–Crippen MR) is 65.1 cm³/mol. The molecule has 1 N–H and O–H groups in total. The Morgan fingerprint density at radius 1 is 1.53 bits per heavy atom. The third kappa shape index (κ3) is 3.02. The van der Waals surface area contributed by atoms with Crippen molar-refractivity contribution in [2.75, 3.05) is 6.54 Å². The maximum absolute atomic E-state index is 4.18. The molecule has 0 aromatic carbocycles. The van der Waals surface area contributed by atoms with Crippen molar-refractivity contribution >= 4 is 11.3 Å². The van der Waals surface area contributed by atoms with Gasteiger partial charge in [-0.15, -0.1) is 11.3 Å². The Bertz CT molecular complexity index is 265. The number of hydrogen-bond acceptors (Lipinski definition) is 3. The Morgan fingerprint density at radius 2 is 2.33 bits per heavy atom. The summed E-state index contributed by atoms with van der Waals surface area (Å²) in [6.07, 6.45) is 9.06. The molecule has 0 spiro atoms. The first-order valence-electron chi connectivity index (χ1n) is 6.02. The maximum atomic E-state index is 4.18. The fourth-order valence-corrected chi connectivity index (χ4v) is 3.23. The number of nitrogens with zero attached hydrogens (tertiary/aromatic N) is 1. The number of thiazole rings is 1. The molecule has 1 aliphatic rings. The molecule has 1 unspecified atom stereocenters. The highest BCUT2D eigenvalue weighted by atomic mass is 32.1. The van der Waals surface area contributed by atoms with Crippen LogP contribution in [0.5, 0.6) is 0 Å². The Hall–Kier alpha value is -0.410. The van der Waals surface area contributed by atoms with E-state index in [-0.39, 0.29) is 0 Å². The van der Waals surface area contributed by atoms with E-state index in [0.717, 1.165) is 12.5 Å². The van der Waals surface area contributed by atoms with Crippen molar-refractivity contribution in [3.63, 3.8) is 0 Å². The molecule has 0 aliphatic heterocycles. The first-order chi connectivity index (χ1) is 7.40. The van der Waals surface area contributed by atoms with Crippen molar-refractivity contribution in [3.8, 4) is 0 Å². The topological polar surface area (TPSA) is 24.9 Å². The number of rotatable bonds is 5. The SMILES string of the molecule is CCNC(CC1CCCC1)c1cncs1. The van der Waals surface area contributed by atoms with E-state index in [1.54, 1.807) is 11.3 Å². The van der Waals surface area contributed by atoms with Gasteiger partial charge >= 0.3 is 0 Å². The second-order valence-electron chi connectivity index (χ2n) is 4.40. The lowest BCUT2D eigenvalue weighted by molar-refractivity contribution is 0.404. The van der Waals surface area contributed by atoms with E-state index < -0.39 is 0 Å². The molecule has 1 saturated carbocycles. The smallest absolute Gasteiger partial charge is 0.0794 e. The molecule has 84 valence electrons. The van der Waals surface area contributed by atoms with Gasteiger partial charge in [-0.3, -0.25) is 4.98 Å². The van der Waals surface area contributed by atoms with Crippen LogP contribution in [0.1, 0.15) is 49.9 Å². The number of aromatic nitrogens is 1. The van der Waals surface area contributed by atoms with Crippen LogP contribution in [-0.4, -0.2) is 11.5 Å². The molecule has 1 heterocycles. The molecular weight excluding hydrogens is 204 g/mol. The third-order valence-corrected chi connectivity index (χ3v) is 4.18. The zero-order valence-corrected chi connectivity index (χ0v) is 10.2. The molecular formula is C12H20N2S. The van der Waals surface area contributed by atoms with Crippen molar-refractivity contribution in [1.29, 1.82) is 0 Å². The van der Waals surface area contributed by atoms with E-state index >= 15 is 0 Å². The van der Waals surface area contributed by atoms with E-state index in [2.05, 4.69) is 17.2 Å². The Labute approximate surface area is 96.1 Å². The monoisotopic (exact) mass is 224 g/mol. The molecule has 0 bridgehead atoms. The maximum Gasteiger partial charge on any atom is 0.0794 e. The van der Waals surface area contributed by atoms with Gasteiger partial charge in [-0.05, 0) is 18.9 Å². The Morgan fingerprint density at radius 3 is 2.93 bits per heavy atom. The first kappa shape index (κ1) is 11.1. The standard InChI is InChI=1S/C12H20N2S/c1-2-14-11(12-8-13-9-15-12)7-10-5-3-4-6-10/h8-11,14H,2-7H2,1H3. The zero-order chi connectivity index (χ0) is 10.5. The van der Waals surface area contributed by atoms with Crippen LogP contribution in [0, 0.1) is 5.92 Å². The van der Waals surface area contributed by atoms with E-state index in [1.807, 2.05) is 11.7 Å². The zero-order valence-electron chi connectivity index (χ0n) is 9.41. The molecule has 1 aromatic heterocycles. The summed E-state index contributed by atoms with van der Waals surface area (Å²) in [6.45, 7) is 3.23. The molecule has 1 aromatic rings. The van der Waals surface area contributed by atoms with Gasteiger partial charge in [0.2, 0.25) is 0 Å². The first-order valence-corrected chi connectivity index (χ1v) is 6.90. The van der Waals surface area contributed by atoms with Gasteiger partial charge in [0.1, 0.15) is 0 Å². The molecule has 1 aliphatic carbocycles. The fraction of sp³-hybridized carbons (Fsp3) is 0.750. The average Bonchev–Trinajstić information content (AvgIpc) is 2.89. The summed E-state index contributed by atoms with van der Waals surface area (Å²) >= 11 is 1.78. The summed E-state index contributed by atoms with van der Waals surface area (Å²) < 4.78 is 0. The van der Waals surface area contributed by atoms with Gasteiger partial charge < -0.3 is 5.32 Å². The van der Waals surface area contributed by atoms with Gasteiger partial charge in [0.05, 0.1) is 5.51 Å². The minimum atomic E-state index is 0.547. The molecule has 3 heteroatoms. The highest BCUT2D eigenvalue weighted by Gasteiger charge is 2.21. The lowest BCUT2D eigenvalue weighted by Crippen LogP contribution is -2.22. The number of nitrogens with one attached hydrogen (secondary N) is 1. The average molecular weight is 224 g/mol. The van der Waals surface area contributed by atoms with Crippen LogP contribution in [0.3, 0.4) is 0 Å². The van der Waals surface area contributed by atoms with Crippen LogP contribution in [0.25, 0.3) is 0 Å². The molecule has 0 saturated heterocycles.